The predicted octanol–water partition coefficient (Wildman–Crippen LogP) is 3.65. The number of nitrogens with zero attached hydrogens (tertiary/aromatic N) is 3. The average molecular weight is 407 g/mol. The maximum Gasteiger partial charge on any atom is 0.513 e. The van der Waals surface area contributed by atoms with Crippen molar-refractivity contribution in [1.82, 2.24) is 9.47 Å². The van der Waals surface area contributed by atoms with Gasteiger partial charge in [0, 0.05) is 30.7 Å². The second-order valence-corrected chi connectivity index (χ2v) is 7.84. The van der Waals surface area contributed by atoms with Crippen molar-refractivity contribution in [3.63, 3.8) is 0 Å². The fourth-order valence-electron chi connectivity index (χ4n) is 4.72. The molecule has 1 fully saturated rings. The van der Waals surface area contributed by atoms with Crippen LogP contribution in [0, 0.1) is 0 Å². The second kappa shape index (κ2) is 7.25. The summed E-state index contributed by atoms with van der Waals surface area (Å²) in [5, 5.41) is 0.849. The van der Waals surface area contributed by atoms with Crippen LogP contribution in [-0.2, 0) is 11.3 Å². The Labute approximate surface area is 175 Å². The van der Waals surface area contributed by atoms with Gasteiger partial charge in [-0.2, -0.15) is 0 Å². The molecular weight excluding hydrogens is 382 g/mol. The average Bonchev–Trinajstić information content (AvgIpc) is 2.97. The van der Waals surface area contributed by atoms with Gasteiger partial charge < -0.3 is 28.6 Å². The highest BCUT2D eigenvalue weighted by molar-refractivity contribution is 5.92. The molecule has 0 saturated carbocycles. The zero-order valence-electron chi connectivity index (χ0n) is 17.4. The first-order valence-electron chi connectivity index (χ1n) is 10.1. The van der Waals surface area contributed by atoms with E-state index in [1.54, 1.807) is 7.11 Å². The summed E-state index contributed by atoms with van der Waals surface area (Å²) in [5.41, 5.74) is 4.49. The maximum absolute atomic E-state index is 12.2. The normalized spacial score (nSPS) is 18.2. The number of methoxy groups -OCH3 is 2. The van der Waals surface area contributed by atoms with E-state index in [0.717, 1.165) is 42.0 Å². The number of hydrogen-bond acceptors (Lipinski definition) is 6. The van der Waals surface area contributed by atoms with E-state index >= 15 is 0 Å². The second-order valence-electron chi connectivity index (χ2n) is 7.84. The molecule has 1 atom stereocenters. The van der Waals surface area contributed by atoms with Gasteiger partial charge in [-0.1, -0.05) is 18.2 Å². The number of fused-ring (bicyclic) bond motifs is 7. The molecule has 7 nitrogen and oxygen atoms in total. The summed E-state index contributed by atoms with van der Waals surface area (Å²) in [4.78, 5) is 16.9. The molecule has 7 heteroatoms. The summed E-state index contributed by atoms with van der Waals surface area (Å²) in [5.74, 6) is 1.27. The third-order valence-corrected chi connectivity index (χ3v) is 6.14. The first kappa shape index (κ1) is 18.8. The highest BCUT2D eigenvalue weighted by Gasteiger charge is 2.37. The number of hydrogen-bond donors (Lipinski definition) is 0. The Morgan fingerprint density at radius 2 is 1.93 bits per heavy atom. The number of piperazine rings is 1. The number of rotatable bonds is 2. The fraction of sp³-hybridized carbons (Fsp3) is 0.348. The summed E-state index contributed by atoms with van der Waals surface area (Å²) < 4.78 is 18.3. The predicted molar refractivity (Wildman–Crippen MR) is 115 cm³/mol. The zero-order valence-corrected chi connectivity index (χ0v) is 17.4. The van der Waals surface area contributed by atoms with Gasteiger partial charge in [-0.15, -0.1) is 0 Å². The van der Waals surface area contributed by atoms with Crippen LogP contribution in [0.3, 0.4) is 0 Å². The van der Waals surface area contributed by atoms with Crippen molar-refractivity contribution in [2.75, 3.05) is 45.8 Å². The fourth-order valence-corrected chi connectivity index (χ4v) is 4.72. The van der Waals surface area contributed by atoms with Gasteiger partial charge in [-0.05, 0) is 36.9 Å². The lowest BCUT2D eigenvalue weighted by Crippen LogP contribution is -2.47. The topological polar surface area (TPSA) is 56.2 Å². The van der Waals surface area contributed by atoms with E-state index in [9.17, 15) is 4.79 Å². The molecule has 30 heavy (non-hydrogen) atoms. The molecule has 1 unspecified atom stereocenters. The molecule has 0 aliphatic carbocycles. The Morgan fingerprint density at radius 3 is 2.73 bits per heavy atom. The van der Waals surface area contributed by atoms with Gasteiger partial charge in [-0.3, -0.25) is 0 Å². The number of carbonyl (C=O) groups is 1. The van der Waals surface area contributed by atoms with Gasteiger partial charge >= 0.3 is 6.16 Å². The summed E-state index contributed by atoms with van der Waals surface area (Å²) in [6, 6.07) is 14.5. The lowest BCUT2D eigenvalue weighted by atomic mass is 10.1. The lowest BCUT2D eigenvalue weighted by Gasteiger charge is -2.41. The van der Waals surface area contributed by atoms with E-state index in [2.05, 4.69) is 45.7 Å². The molecule has 3 heterocycles. The standard InChI is InChI=1S/C23H25N3O4/c1-24-10-11-25-18-7-5-4-6-15(18)13-26-19-9-8-16(28-2)12-17(19)22(30-23(27)29-3)21(26)20(25)14-24/h4-9,12,20H,10-11,13-14H2,1-3H3. The van der Waals surface area contributed by atoms with Gasteiger partial charge in [0.2, 0.25) is 0 Å². The maximum atomic E-state index is 12.2. The minimum Gasteiger partial charge on any atom is -0.497 e. The van der Waals surface area contributed by atoms with E-state index in [1.165, 1.54) is 18.4 Å². The lowest BCUT2D eigenvalue weighted by molar-refractivity contribution is 0.121. The van der Waals surface area contributed by atoms with E-state index in [0.29, 0.717) is 12.3 Å². The molecule has 156 valence electrons. The molecule has 2 aliphatic heterocycles. The number of aromatic nitrogens is 1. The third-order valence-electron chi connectivity index (χ3n) is 6.14. The minimum atomic E-state index is -0.717. The molecule has 0 spiro atoms. The number of ether oxygens (including phenoxy) is 3. The first-order chi connectivity index (χ1) is 14.6. The van der Waals surface area contributed by atoms with E-state index < -0.39 is 6.16 Å². The molecule has 0 bridgehead atoms. The molecule has 1 aromatic heterocycles. The summed E-state index contributed by atoms with van der Waals surface area (Å²) in [6.45, 7) is 3.42. The van der Waals surface area contributed by atoms with Crippen LogP contribution in [0.5, 0.6) is 11.5 Å². The highest BCUT2D eigenvalue weighted by Crippen LogP contribution is 2.46. The molecular formula is C23H25N3O4. The number of benzene rings is 2. The van der Waals surface area contributed by atoms with Crippen LogP contribution in [0.25, 0.3) is 10.9 Å². The molecule has 5 rings (SSSR count). The molecule has 0 radical (unpaired) electrons. The van der Waals surface area contributed by atoms with Gasteiger partial charge in [0.1, 0.15) is 5.75 Å². The van der Waals surface area contributed by atoms with Crippen LogP contribution in [0.15, 0.2) is 42.5 Å². The monoisotopic (exact) mass is 407 g/mol. The van der Waals surface area contributed by atoms with Crippen molar-refractivity contribution in [2.24, 2.45) is 0 Å². The smallest absolute Gasteiger partial charge is 0.497 e. The number of para-hydroxylation sites is 1. The van der Waals surface area contributed by atoms with Crippen LogP contribution in [0.1, 0.15) is 17.3 Å². The SMILES string of the molecule is COC(=O)Oc1c2n(c3ccc(OC)cc13)Cc1ccccc1N1CCN(C)CC21. The Morgan fingerprint density at radius 1 is 1.10 bits per heavy atom. The van der Waals surface area contributed by atoms with Crippen LogP contribution in [0.2, 0.25) is 0 Å². The Hall–Kier alpha value is -3.19. The van der Waals surface area contributed by atoms with Crippen LogP contribution in [0.4, 0.5) is 10.5 Å². The van der Waals surface area contributed by atoms with E-state index in [-0.39, 0.29) is 6.04 Å². The van der Waals surface area contributed by atoms with E-state index in [4.69, 9.17) is 14.2 Å². The molecule has 2 aromatic carbocycles. The number of carbonyl (C=O) groups excluding carboxylic acids is 1. The summed E-state index contributed by atoms with van der Waals surface area (Å²) in [6.07, 6.45) is -0.717. The Balaban J connectivity index is 1.80. The van der Waals surface area contributed by atoms with Gasteiger partial charge in [0.25, 0.3) is 0 Å². The van der Waals surface area contributed by atoms with Crippen molar-refractivity contribution in [3.05, 3.63) is 53.7 Å². The highest BCUT2D eigenvalue weighted by atomic mass is 16.7. The van der Waals surface area contributed by atoms with Crippen molar-refractivity contribution in [3.8, 4) is 11.5 Å². The molecule has 0 amide bonds. The molecule has 3 aromatic rings. The summed E-state index contributed by atoms with van der Waals surface area (Å²) >= 11 is 0. The molecule has 1 saturated heterocycles. The molecule has 0 N–H and O–H groups in total. The van der Waals surface area contributed by atoms with Crippen LogP contribution >= 0.6 is 0 Å². The Bertz CT molecular complexity index is 1120. The number of anilines is 1. The summed E-state index contributed by atoms with van der Waals surface area (Å²) in [7, 11) is 5.10. The van der Waals surface area contributed by atoms with Crippen molar-refractivity contribution < 1.29 is 19.0 Å². The minimum absolute atomic E-state index is 0.0467. The van der Waals surface area contributed by atoms with Crippen molar-refractivity contribution >= 4 is 22.7 Å². The number of likely N-dealkylation sites (N-methyl/N-ethyl adjacent to an activating group) is 1. The van der Waals surface area contributed by atoms with Gasteiger partial charge in [-0.25, -0.2) is 4.79 Å². The van der Waals surface area contributed by atoms with Crippen molar-refractivity contribution in [2.45, 2.75) is 12.6 Å². The third kappa shape index (κ3) is 2.89. The first-order valence-corrected chi connectivity index (χ1v) is 10.1. The largest absolute Gasteiger partial charge is 0.513 e. The van der Waals surface area contributed by atoms with Crippen molar-refractivity contribution in [1.29, 1.82) is 0 Å². The van der Waals surface area contributed by atoms with E-state index in [1.807, 2.05) is 18.2 Å². The molecule has 2 aliphatic rings. The van der Waals surface area contributed by atoms with Gasteiger partial charge in [0.15, 0.2) is 5.75 Å². The zero-order chi connectivity index (χ0) is 20.8. The van der Waals surface area contributed by atoms with Crippen LogP contribution < -0.4 is 14.4 Å². The Kier molecular flexibility index (Phi) is 4.55. The quantitative estimate of drug-likeness (QED) is 0.605. The van der Waals surface area contributed by atoms with Gasteiger partial charge in [0.05, 0.1) is 38.0 Å². The van der Waals surface area contributed by atoms with Crippen LogP contribution in [-0.4, -0.2) is 56.5 Å².